The molecule has 0 amide bonds. The van der Waals surface area contributed by atoms with E-state index in [0.717, 1.165) is 31.1 Å². The molecule has 2 N–H and O–H groups in total. The van der Waals surface area contributed by atoms with Crippen molar-refractivity contribution in [2.24, 2.45) is 23.7 Å². The molecule has 4 nitrogen and oxygen atoms in total. The van der Waals surface area contributed by atoms with E-state index in [-0.39, 0.29) is 29.4 Å². The van der Waals surface area contributed by atoms with Crippen LogP contribution in [0.25, 0.3) is 0 Å². The smallest absolute Gasteiger partial charge is 0.302 e. The molecule has 0 spiro atoms. The Balaban J connectivity index is 1.93. The fourth-order valence-electron chi connectivity index (χ4n) is 5.88. The Morgan fingerprint density at radius 3 is 2.96 bits per heavy atom. The molecule has 3 rings (SSSR count). The first-order valence-electron chi connectivity index (χ1n) is 9.10. The van der Waals surface area contributed by atoms with E-state index in [9.17, 15) is 9.59 Å². The van der Waals surface area contributed by atoms with Gasteiger partial charge in [0, 0.05) is 36.9 Å². The highest BCUT2D eigenvalue weighted by Gasteiger charge is 2.64. The molecule has 5 heteroatoms. The van der Waals surface area contributed by atoms with E-state index in [1.54, 1.807) is 0 Å². The van der Waals surface area contributed by atoms with Gasteiger partial charge in [-0.1, -0.05) is 22.9 Å². The number of alkyl halides is 1. The van der Waals surface area contributed by atoms with Gasteiger partial charge in [-0.2, -0.15) is 0 Å². The van der Waals surface area contributed by atoms with E-state index in [1.807, 2.05) is 0 Å². The molecule has 6 unspecified atom stereocenters. The van der Waals surface area contributed by atoms with Crippen LogP contribution in [0.3, 0.4) is 0 Å². The van der Waals surface area contributed by atoms with Crippen LogP contribution in [-0.2, 0) is 14.3 Å². The van der Waals surface area contributed by atoms with Gasteiger partial charge in [-0.05, 0) is 31.6 Å². The Hall–Kier alpha value is -0.420. The number of Topliss-reactive ketones (excluding diaryl/α,β-unsaturated/α-hetero) is 1. The second kappa shape index (κ2) is 6.83. The lowest BCUT2D eigenvalue weighted by atomic mass is 9.49. The first-order valence-corrected chi connectivity index (χ1v) is 10.2. The molecule has 0 radical (unpaired) electrons. The number of hydrogen-bond acceptors (Lipinski definition) is 3. The van der Waals surface area contributed by atoms with E-state index in [1.165, 1.54) is 19.8 Å². The lowest BCUT2D eigenvalue weighted by Crippen LogP contribution is -3.04. The van der Waals surface area contributed by atoms with Crippen LogP contribution in [0, 0.1) is 23.7 Å². The molecule has 0 aromatic rings. The zero-order valence-electron chi connectivity index (χ0n) is 14.2. The van der Waals surface area contributed by atoms with Crippen molar-refractivity contribution in [1.82, 2.24) is 0 Å². The van der Waals surface area contributed by atoms with Crippen LogP contribution in [0.15, 0.2) is 0 Å². The van der Waals surface area contributed by atoms with Crippen molar-refractivity contribution in [2.75, 3.05) is 11.9 Å². The van der Waals surface area contributed by atoms with Crippen molar-refractivity contribution < 1.29 is 19.6 Å². The summed E-state index contributed by atoms with van der Waals surface area (Å²) < 4.78 is 5.69. The predicted molar refractivity (Wildman–Crippen MR) is 91.2 cm³/mol. The van der Waals surface area contributed by atoms with Crippen molar-refractivity contribution >= 4 is 27.7 Å². The van der Waals surface area contributed by atoms with Gasteiger partial charge >= 0.3 is 5.97 Å². The summed E-state index contributed by atoms with van der Waals surface area (Å²) in [7, 11) is 0. The normalized spacial score (nSPS) is 42.9. The Morgan fingerprint density at radius 2 is 2.26 bits per heavy atom. The van der Waals surface area contributed by atoms with Gasteiger partial charge < -0.3 is 10.1 Å². The van der Waals surface area contributed by atoms with Crippen molar-refractivity contribution in [3.8, 4) is 0 Å². The summed E-state index contributed by atoms with van der Waals surface area (Å²) >= 11 is 3.52. The maximum Gasteiger partial charge on any atom is 0.302 e. The van der Waals surface area contributed by atoms with Gasteiger partial charge in [0.05, 0.1) is 12.5 Å². The van der Waals surface area contributed by atoms with Gasteiger partial charge in [-0.3, -0.25) is 9.59 Å². The minimum absolute atomic E-state index is 0.0660. The molecule has 3 aliphatic rings. The summed E-state index contributed by atoms with van der Waals surface area (Å²) in [6.07, 6.45) is 5.99. The summed E-state index contributed by atoms with van der Waals surface area (Å²) in [6.45, 7) is 4.83. The number of esters is 1. The van der Waals surface area contributed by atoms with Gasteiger partial charge in [0.2, 0.25) is 0 Å². The number of halogens is 1. The van der Waals surface area contributed by atoms with E-state index in [4.69, 9.17) is 4.74 Å². The molecule has 6 atom stereocenters. The first-order chi connectivity index (χ1) is 11.0. The van der Waals surface area contributed by atoms with Crippen LogP contribution in [0.1, 0.15) is 52.4 Å². The number of ether oxygens (including phenoxy) is 1. The second-order valence-electron chi connectivity index (χ2n) is 7.83. The molecule has 1 heterocycles. The number of carbonyl (C=O) groups is 2. The van der Waals surface area contributed by atoms with Gasteiger partial charge in [0.1, 0.15) is 17.4 Å². The zero-order chi connectivity index (χ0) is 16.6. The number of hydrogen-bond donors (Lipinski definition) is 1. The van der Waals surface area contributed by atoms with Crippen LogP contribution in [0.2, 0.25) is 0 Å². The molecule has 2 saturated carbocycles. The summed E-state index contributed by atoms with van der Waals surface area (Å²) in [5.41, 5.74) is 0.0660. The maximum atomic E-state index is 12.9. The van der Waals surface area contributed by atoms with E-state index in [2.05, 4.69) is 28.2 Å². The Morgan fingerprint density at radius 1 is 1.48 bits per heavy atom. The molecule has 0 aromatic heterocycles. The average Bonchev–Trinajstić information content (AvgIpc) is 2.50. The fraction of sp³-hybridized carbons (Fsp3) is 0.889. The summed E-state index contributed by atoms with van der Waals surface area (Å²) in [6, 6.07) is 0. The SMILES string of the molecule is CC(=O)OC1C(C)CC23[NH2+]CCCC2C1CC(=O)C3CCCBr. The molecular weight excluding hydrogens is 358 g/mol. The number of rotatable bonds is 4. The number of nitrogens with two attached hydrogens (primary N) is 1. The standard InChI is InChI=1S/C18H28BrNO3/c1-11-10-18-14(6-4-8-20-18)13(17(11)23-12(2)21)9-16(22)15(18)5-3-7-19/h11,13-15,17,20H,3-10H2,1-2H3/p+1. The second-order valence-corrected chi connectivity index (χ2v) is 8.62. The largest absolute Gasteiger partial charge is 0.462 e. The van der Waals surface area contributed by atoms with Crippen molar-refractivity contribution in [3.63, 3.8) is 0 Å². The zero-order valence-corrected chi connectivity index (χ0v) is 15.8. The van der Waals surface area contributed by atoms with E-state index >= 15 is 0 Å². The molecule has 2 bridgehead atoms. The number of carbonyl (C=O) groups excluding carboxylic acids is 2. The van der Waals surface area contributed by atoms with Crippen LogP contribution in [-0.4, -0.2) is 35.3 Å². The number of piperidine rings is 1. The third-order valence-electron chi connectivity index (χ3n) is 6.51. The fourth-order valence-corrected chi connectivity index (χ4v) is 6.21. The van der Waals surface area contributed by atoms with Crippen molar-refractivity contribution in [1.29, 1.82) is 0 Å². The molecule has 2 aliphatic carbocycles. The van der Waals surface area contributed by atoms with Crippen LogP contribution in [0.5, 0.6) is 0 Å². The third kappa shape index (κ3) is 2.99. The van der Waals surface area contributed by atoms with Crippen LogP contribution >= 0.6 is 15.9 Å². The molecule has 1 aliphatic heterocycles. The molecule has 23 heavy (non-hydrogen) atoms. The maximum absolute atomic E-state index is 12.9. The van der Waals surface area contributed by atoms with Gasteiger partial charge in [-0.25, -0.2) is 0 Å². The minimum Gasteiger partial charge on any atom is -0.462 e. The summed E-state index contributed by atoms with van der Waals surface area (Å²) in [5, 5.41) is 3.46. The Kier molecular flexibility index (Phi) is 5.17. The topological polar surface area (TPSA) is 60.0 Å². The lowest BCUT2D eigenvalue weighted by Gasteiger charge is -2.58. The molecule has 0 aromatic carbocycles. The van der Waals surface area contributed by atoms with E-state index in [0.29, 0.717) is 24.0 Å². The summed E-state index contributed by atoms with van der Waals surface area (Å²) in [5.74, 6) is 1.48. The number of ketones is 1. The Bertz CT molecular complexity index is 483. The average molecular weight is 387 g/mol. The minimum atomic E-state index is -0.206. The highest BCUT2D eigenvalue weighted by Crippen LogP contribution is 2.53. The highest BCUT2D eigenvalue weighted by atomic mass is 79.9. The Labute approximate surface area is 147 Å². The predicted octanol–water partition coefficient (Wildman–Crippen LogP) is 2.05. The van der Waals surface area contributed by atoms with E-state index < -0.39 is 0 Å². The monoisotopic (exact) mass is 386 g/mol. The summed E-state index contributed by atoms with van der Waals surface area (Å²) in [4.78, 5) is 24.5. The van der Waals surface area contributed by atoms with Gasteiger partial charge in [-0.15, -0.1) is 0 Å². The highest BCUT2D eigenvalue weighted by molar-refractivity contribution is 9.09. The number of quaternary nitrogens is 1. The molecule has 3 fully saturated rings. The lowest BCUT2D eigenvalue weighted by molar-refractivity contribution is -0.757. The van der Waals surface area contributed by atoms with Crippen LogP contribution < -0.4 is 5.32 Å². The first kappa shape index (κ1) is 17.4. The van der Waals surface area contributed by atoms with Gasteiger partial charge in [0.15, 0.2) is 0 Å². The van der Waals surface area contributed by atoms with Crippen LogP contribution in [0.4, 0.5) is 0 Å². The van der Waals surface area contributed by atoms with Gasteiger partial charge in [0.25, 0.3) is 0 Å². The van der Waals surface area contributed by atoms with Crippen molar-refractivity contribution in [3.05, 3.63) is 0 Å². The molecule has 130 valence electrons. The molecule has 1 saturated heterocycles. The quantitative estimate of drug-likeness (QED) is 0.593. The molecular formula is C18H29BrNO3+. The third-order valence-corrected chi connectivity index (χ3v) is 7.07. The van der Waals surface area contributed by atoms with Crippen molar-refractivity contribution in [2.45, 2.75) is 64.0 Å².